The van der Waals surface area contributed by atoms with Gasteiger partial charge in [0.05, 0.1) is 12.5 Å². The summed E-state index contributed by atoms with van der Waals surface area (Å²) in [6.45, 7) is 7.86. The second-order valence-electron chi connectivity index (χ2n) is 9.08. The molecule has 0 fully saturated rings. The molecule has 2 N–H and O–H groups in total. The van der Waals surface area contributed by atoms with Crippen LogP contribution in [0.3, 0.4) is 0 Å². The van der Waals surface area contributed by atoms with Crippen molar-refractivity contribution in [3.63, 3.8) is 0 Å². The first-order chi connectivity index (χ1) is 14.7. The van der Waals surface area contributed by atoms with Crippen LogP contribution in [0, 0.1) is 0 Å². The van der Waals surface area contributed by atoms with Crippen LogP contribution in [0.25, 0.3) is 0 Å². The van der Waals surface area contributed by atoms with Crippen molar-refractivity contribution in [2.24, 2.45) is 0 Å². The Morgan fingerprint density at radius 1 is 1.13 bits per heavy atom. The summed E-state index contributed by atoms with van der Waals surface area (Å²) in [5.74, 6) is -0.599. The zero-order valence-electron chi connectivity index (χ0n) is 18.6. The Hall–Kier alpha value is -2.70. The van der Waals surface area contributed by atoms with Crippen molar-refractivity contribution in [2.45, 2.75) is 51.9 Å². The number of fused-ring (bicyclic) bond motifs is 1. The van der Waals surface area contributed by atoms with Gasteiger partial charge >= 0.3 is 5.97 Å². The molecule has 0 aliphatic carbocycles. The molecular weight excluding hydrogens is 392 g/mol. The van der Waals surface area contributed by atoms with Crippen LogP contribution in [-0.4, -0.2) is 53.2 Å². The van der Waals surface area contributed by atoms with E-state index in [1.807, 2.05) is 26.8 Å². The molecular formula is C25H32N2O4. The second-order valence-corrected chi connectivity index (χ2v) is 9.08. The van der Waals surface area contributed by atoms with Crippen molar-refractivity contribution in [2.75, 3.05) is 19.6 Å². The number of nitrogens with zero attached hydrogens (tertiary/aromatic N) is 1. The normalized spacial score (nSPS) is 15.1. The standard InChI is InChI=1S/C25H32N2O4/c1-25(2,3)31-23(29)14-18-7-6-10-20(13-18)24(30)26-15-22(28)17-27-12-11-19-8-4-5-9-21(19)16-27/h4-10,13,22,28H,11-12,14-17H2,1-3H3,(H,26,30)/t22-/m0/s1. The first-order valence-electron chi connectivity index (χ1n) is 10.8. The van der Waals surface area contributed by atoms with E-state index in [-0.39, 0.29) is 24.8 Å². The molecule has 1 heterocycles. The van der Waals surface area contributed by atoms with E-state index in [1.165, 1.54) is 11.1 Å². The van der Waals surface area contributed by atoms with Crippen molar-refractivity contribution in [3.8, 4) is 0 Å². The molecule has 31 heavy (non-hydrogen) atoms. The molecule has 0 unspecified atom stereocenters. The molecule has 1 aliphatic rings. The third-order valence-corrected chi connectivity index (χ3v) is 5.13. The highest BCUT2D eigenvalue weighted by Crippen LogP contribution is 2.18. The molecule has 3 rings (SSSR count). The number of carbonyl (C=O) groups is 2. The summed E-state index contributed by atoms with van der Waals surface area (Å²) >= 11 is 0. The highest BCUT2D eigenvalue weighted by atomic mass is 16.6. The minimum absolute atomic E-state index is 0.109. The summed E-state index contributed by atoms with van der Waals surface area (Å²) in [6.07, 6.45) is 0.427. The van der Waals surface area contributed by atoms with Crippen molar-refractivity contribution in [1.29, 1.82) is 0 Å². The summed E-state index contributed by atoms with van der Waals surface area (Å²) in [5.41, 5.74) is 3.30. The van der Waals surface area contributed by atoms with E-state index in [4.69, 9.17) is 4.74 Å². The Morgan fingerprint density at radius 3 is 2.61 bits per heavy atom. The monoisotopic (exact) mass is 424 g/mol. The van der Waals surface area contributed by atoms with E-state index in [0.29, 0.717) is 12.1 Å². The zero-order chi connectivity index (χ0) is 22.4. The molecule has 0 spiro atoms. The molecule has 1 amide bonds. The highest BCUT2D eigenvalue weighted by molar-refractivity contribution is 5.94. The molecule has 2 aromatic carbocycles. The van der Waals surface area contributed by atoms with Gasteiger partial charge in [0.25, 0.3) is 5.91 Å². The van der Waals surface area contributed by atoms with E-state index in [9.17, 15) is 14.7 Å². The lowest BCUT2D eigenvalue weighted by Crippen LogP contribution is -2.42. The third kappa shape index (κ3) is 7.19. The van der Waals surface area contributed by atoms with E-state index in [1.54, 1.807) is 24.3 Å². The predicted octanol–water partition coefficient (Wildman–Crippen LogP) is 2.72. The fraction of sp³-hybridized carbons (Fsp3) is 0.440. The van der Waals surface area contributed by atoms with Crippen LogP contribution in [-0.2, 0) is 28.9 Å². The number of ether oxygens (including phenoxy) is 1. The van der Waals surface area contributed by atoms with Gasteiger partial charge in [0.2, 0.25) is 0 Å². The molecule has 1 atom stereocenters. The number of benzene rings is 2. The minimum atomic E-state index is -0.654. The van der Waals surface area contributed by atoms with Gasteiger partial charge in [-0.15, -0.1) is 0 Å². The van der Waals surface area contributed by atoms with Gasteiger partial charge in [-0.1, -0.05) is 36.4 Å². The summed E-state index contributed by atoms with van der Waals surface area (Å²) in [7, 11) is 0. The van der Waals surface area contributed by atoms with Crippen LogP contribution in [0.4, 0.5) is 0 Å². The maximum absolute atomic E-state index is 12.5. The van der Waals surface area contributed by atoms with Crippen molar-refractivity contribution in [3.05, 3.63) is 70.8 Å². The van der Waals surface area contributed by atoms with Crippen molar-refractivity contribution >= 4 is 11.9 Å². The van der Waals surface area contributed by atoms with Gasteiger partial charge in [0, 0.05) is 31.7 Å². The number of aliphatic hydroxyl groups is 1. The quantitative estimate of drug-likeness (QED) is 0.668. The van der Waals surface area contributed by atoms with Crippen LogP contribution >= 0.6 is 0 Å². The number of nitrogens with one attached hydrogen (secondary N) is 1. The molecule has 0 bridgehead atoms. The average Bonchev–Trinajstić information content (AvgIpc) is 2.70. The number of amides is 1. The third-order valence-electron chi connectivity index (χ3n) is 5.13. The largest absolute Gasteiger partial charge is 0.460 e. The lowest BCUT2D eigenvalue weighted by atomic mass is 10.00. The highest BCUT2D eigenvalue weighted by Gasteiger charge is 2.20. The molecule has 0 aromatic heterocycles. The second kappa shape index (κ2) is 10.1. The Bertz CT molecular complexity index is 920. The van der Waals surface area contributed by atoms with Gasteiger partial charge in [0.15, 0.2) is 0 Å². The molecule has 0 saturated heterocycles. The molecule has 0 radical (unpaired) electrons. The molecule has 166 valence electrons. The van der Waals surface area contributed by atoms with Crippen molar-refractivity contribution < 1.29 is 19.4 Å². The van der Waals surface area contributed by atoms with Crippen LogP contribution in [0.2, 0.25) is 0 Å². The fourth-order valence-electron chi connectivity index (χ4n) is 3.75. The van der Waals surface area contributed by atoms with E-state index in [2.05, 4.69) is 28.4 Å². The van der Waals surface area contributed by atoms with Crippen LogP contribution < -0.4 is 5.32 Å². The van der Waals surface area contributed by atoms with Gasteiger partial charge in [-0.25, -0.2) is 0 Å². The van der Waals surface area contributed by atoms with E-state index >= 15 is 0 Å². The lowest BCUT2D eigenvalue weighted by molar-refractivity contribution is -0.153. The van der Waals surface area contributed by atoms with Crippen molar-refractivity contribution in [1.82, 2.24) is 10.2 Å². The molecule has 2 aromatic rings. The molecule has 6 nitrogen and oxygen atoms in total. The first-order valence-corrected chi connectivity index (χ1v) is 10.8. The van der Waals surface area contributed by atoms with Gasteiger partial charge in [-0.2, -0.15) is 0 Å². The molecule has 0 saturated carbocycles. The van der Waals surface area contributed by atoms with Gasteiger partial charge in [-0.3, -0.25) is 14.5 Å². The number of hydrogen-bond donors (Lipinski definition) is 2. The van der Waals surface area contributed by atoms with Crippen LogP contribution in [0.15, 0.2) is 48.5 Å². The van der Waals surface area contributed by atoms with Crippen LogP contribution in [0.1, 0.15) is 47.8 Å². The van der Waals surface area contributed by atoms with E-state index < -0.39 is 11.7 Å². The number of hydrogen-bond acceptors (Lipinski definition) is 5. The maximum atomic E-state index is 12.5. The Balaban J connectivity index is 1.47. The fourth-order valence-corrected chi connectivity index (χ4v) is 3.75. The lowest BCUT2D eigenvalue weighted by Gasteiger charge is -2.30. The van der Waals surface area contributed by atoms with Gasteiger partial charge in [0.1, 0.15) is 5.60 Å². The van der Waals surface area contributed by atoms with Crippen LogP contribution in [0.5, 0.6) is 0 Å². The average molecular weight is 425 g/mol. The Kier molecular flexibility index (Phi) is 7.46. The SMILES string of the molecule is CC(C)(C)OC(=O)Cc1cccc(C(=O)NC[C@H](O)CN2CCc3ccccc3C2)c1. The minimum Gasteiger partial charge on any atom is -0.460 e. The number of aliphatic hydroxyl groups excluding tert-OH is 1. The van der Waals surface area contributed by atoms with E-state index in [0.717, 1.165) is 25.1 Å². The topological polar surface area (TPSA) is 78.9 Å². The summed E-state index contributed by atoms with van der Waals surface area (Å²) < 4.78 is 5.34. The maximum Gasteiger partial charge on any atom is 0.310 e. The molecule has 6 heteroatoms. The van der Waals surface area contributed by atoms with Gasteiger partial charge < -0.3 is 15.2 Å². The Morgan fingerprint density at radius 2 is 1.87 bits per heavy atom. The summed E-state index contributed by atoms with van der Waals surface area (Å²) in [4.78, 5) is 26.8. The Labute approximate surface area is 184 Å². The number of carbonyl (C=O) groups excluding carboxylic acids is 2. The number of β-amino-alcohol motifs (C(OH)–C–C–N with tert-alkyl or cyclic N) is 1. The predicted molar refractivity (Wildman–Crippen MR) is 120 cm³/mol. The number of rotatable bonds is 7. The zero-order valence-corrected chi connectivity index (χ0v) is 18.6. The number of esters is 1. The van der Waals surface area contributed by atoms with Gasteiger partial charge in [-0.05, 0) is 56.0 Å². The smallest absolute Gasteiger partial charge is 0.310 e. The first kappa shape index (κ1) is 23.0. The summed E-state index contributed by atoms with van der Waals surface area (Å²) in [5, 5.41) is 13.2. The summed E-state index contributed by atoms with van der Waals surface area (Å²) in [6, 6.07) is 15.3. The molecule has 1 aliphatic heterocycles.